The molecule has 0 saturated heterocycles. The summed E-state index contributed by atoms with van der Waals surface area (Å²) in [4.78, 5) is 10.0. The van der Waals surface area contributed by atoms with E-state index in [9.17, 15) is 17.6 Å². The van der Waals surface area contributed by atoms with Gasteiger partial charge in [-0.1, -0.05) is 22.9 Å². The Balaban J connectivity index is 3.09. The molecule has 19 heavy (non-hydrogen) atoms. The molecule has 0 unspecified atom stereocenters. The highest BCUT2D eigenvalue weighted by Crippen LogP contribution is 2.22. The summed E-state index contributed by atoms with van der Waals surface area (Å²) in [5.41, 5.74) is 0. The van der Waals surface area contributed by atoms with Gasteiger partial charge in [-0.3, -0.25) is 4.79 Å². The molecule has 1 rings (SSSR count). The third-order valence-electron chi connectivity index (χ3n) is 2.44. The lowest BCUT2D eigenvalue weighted by atomic mass is 10.3. The highest BCUT2D eigenvalue weighted by Gasteiger charge is 2.26. The van der Waals surface area contributed by atoms with Crippen LogP contribution in [0.1, 0.15) is 13.3 Å². The lowest BCUT2D eigenvalue weighted by Gasteiger charge is -2.20. The Morgan fingerprint density at radius 2 is 2.11 bits per heavy atom. The summed E-state index contributed by atoms with van der Waals surface area (Å²) in [5, 5.41) is 8.58. The summed E-state index contributed by atoms with van der Waals surface area (Å²) in [7, 11) is -4.02. The van der Waals surface area contributed by atoms with Gasteiger partial charge in [0.15, 0.2) is 0 Å². The molecule has 0 aliphatic rings. The third kappa shape index (κ3) is 3.99. The molecule has 0 aliphatic carbocycles. The van der Waals surface area contributed by atoms with Crippen LogP contribution >= 0.6 is 15.9 Å². The number of carboxylic acid groups (broad SMARTS) is 1. The van der Waals surface area contributed by atoms with Crippen molar-refractivity contribution >= 4 is 31.9 Å². The monoisotopic (exact) mass is 353 g/mol. The van der Waals surface area contributed by atoms with Crippen LogP contribution in [0.4, 0.5) is 4.39 Å². The van der Waals surface area contributed by atoms with Gasteiger partial charge in [0.1, 0.15) is 10.7 Å². The quantitative estimate of drug-likeness (QED) is 0.849. The zero-order valence-electron chi connectivity index (χ0n) is 10.1. The van der Waals surface area contributed by atoms with Crippen LogP contribution in [-0.2, 0) is 14.8 Å². The van der Waals surface area contributed by atoms with Crippen LogP contribution in [0.15, 0.2) is 27.6 Å². The molecular formula is C11H13BrFNO4S. The minimum atomic E-state index is -4.02. The normalized spacial score (nSPS) is 11.8. The second kappa shape index (κ2) is 6.44. The first kappa shape index (κ1) is 16.1. The van der Waals surface area contributed by atoms with Crippen LogP contribution in [0.3, 0.4) is 0 Å². The van der Waals surface area contributed by atoms with Crippen LogP contribution < -0.4 is 0 Å². The molecule has 0 bridgehead atoms. The summed E-state index contributed by atoms with van der Waals surface area (Å²) in [6, 6.07) is 3.62. The fourth-order valence-corrected chi connectivity index (χ4v) is 3.32. The number of hydrogen-bond acceptors (Lipinski definition) is 3. The lowest BCUT2D eigenvalue weighted by molar-refractivity contribution is -0.137. The minimum absolute atomic E-state index is 0.0745. The Bertz CT molecular complexity index is 576. The SMILES string of the molecule is CCN(CCC(=O)O)S(=O)(=O)c1ccc(Br)cc1F. The van der Waals surface area contributed by atoms with E-state index in [2.05, 4.69) is 15.9 Å². The molecule has 0 heterocycles. The Morgan fingerprint density at radius 1 is 1.47 bits per heavy atom. The van der Waals surface area contributed by atoms with Gasteiger partial charge < -0.3 is 5.11 Å². The van der Waals surface area contributed by atoms with Crippen molar-refractivity contribution in [1.82, 2.24) is 4.31 Å². The molecule has 1 aromatic rings. The topological polar surface area (TPSA) is 74.7 Å². The number of nitrogens with zero attached hydrogens (tertiary/aromatic N) is 1. The molecule has 0 aromatic heterocycles. The van der Waals surface area contributed by atoms with Gasteiger partial charge in [0.05, 0.1) is 6.42 Å². The minimum Gasteiger partial charge on any atom is -0.481 e. The Kier molecular flexibility index (Phi) is 5.45. The summed E-state index contributed by atoms with van der Waals surface area (Å²) in [6.45, 7) is 1.45. The zero-order chi connectivity index (χ0) is 14.6. The molecule has 0 saturated carbocycles. The Labute approximate surface area is 119 Å². The van der Waals surface area contributed by atoms with E-state index in [-0.39, 0.29) is 19.5 Å². The van der Waals surface area contributed by atoms with Crippen molar-refractivity contribution < 1.29 is 22.7 Å². The number of sulfonamides is 1. The first-order chi connectivity index (χ1) is 8.78. The maximum absolute atomic E-state index is 13.7. The highest BCUT2D eigenvalue weighted by molar-refractivity contribution is 9.10. The van der Waals surface area contributed by atoms with E-state index in [4.69, 9.17) is 5.11 Å². The Morgan fingerprint density at radius 3 is 2.58 bits per heavy atom. The van der Waals surface area contributed by atoms with Crippen LogP contribution in [0.25, 0.3) is 0 Å². The van der Waals surface area contributed by atoms with Crippen molar-refractivity contribution in [3.05, 3.63) is 28.5 Å². The molecule has 1 N–H and O–H groups in total. The molecule has 0 atom stereocenters. The van der Waals surface area contributed by atoms with Crippen LogP contribution in [-0.4, -0.2) is 36.9 Å². The van der Waals surface area contributed by atoms with E-state index in [1.54, 1.807) is 6.92 Å². The number of rotatable bonds is 6. The summed E-state index contributed by atoms with van der Waals surface area (Å²) < 4.78 is 39.4. The van der Waals surface area contributed by atoms with E-state index in [1.165, 1.54) is 6.07 Å². The smallest absolute Gasteiger partial charge is 0.304 e. The number of benzene rings is 1. The number of aliphatic carboxylic acids is 1. The average Bonchev–Trinajstić information content (AvgIpc) is 2.28. The lowest BCUT2D eigenvalue weighted by Crippen LogP contribution is -2.33. The average molecular weight is 354 g/mol. The second-order valence-electron chi connectivity index (χ2n) is 3.72. The van der Waals surface area contributed by atoms with E-state index < -0.39 is 26.7 Å². The van der Waals surface area contributed by atoms with Crippen molar-refractivity contribution in [2.24, 2.45) is 0 Å². The molecule has 0 amide bonds. The predicted octanol–water partition coefficient (Wildman–Crippen LogP) is 2.07. The fourth-order valence-electron chi connectivity index (χ4n) is 1.49. The molecule has 8 heteroatoms. The zero-order valence-corrected chi connectivity index (χ0v) is 12.5. The number of carbonyl (C=O) groups is 1. The predicted molar refractivity (Wildman–Crippen MR) is 70.8 cm³/mol. The van der Waals surface area contributed by atoms with Crippen molar-refractivity contribution in [3.63, 3.8) is 0 Å². The van der Waals surface area contributed by atoms with E-state index in [0.29, 0.717) is 4.47 Å². The van der Waals surface area contributed by atoms with Gasteiger partial charge in [0.25, 0.3) is 0 Å². The van der Waals surface area contributed by atoms with Gasteiger partial charge in [0.2, 0.25) is 10.0 Å². The molecule has 106 valence electrons. The third-order valence-corrected chi connectivity index (χ3v) is 4.94. The first-order valence-corrected chi connectivity index (χ1v) is 7.69. The standard InChI is InChI=1S/C11H13BrFNO4S/c1-2-14(6-5-11(15)16)19(17,18)10-4-3-8(12)7-9(10)13/h3-4,7H,2,5-6H2,1H3,(H,15,16). The van der Waals surface area contributed by atoms with Gasteiger partial charge in [-0.2, -0.15) is 4.31 Å². The summed E-state index contributed by atoms with van der Waals surface area (Å²) in [5.74, 6) is -1.98. The Hall–Kier alpha value is -0.990. The molecular weight excluding hydrogens is 341 g/mol. The van der Waals surface area contributed by atoms with Crippen LogP contribution in [0, 0.1) is 5.82 Å². The van der Waals surface area contributed by atoms with Gasteiger partial charge >= 0.3 is 5.97 Å². The molecule has 0 aliphatic heterocycles. The van der Waals surface area contributed by atoms with Gasteiger partial charge in [-0.05, 0) is 18.2 Å². The number of carboxylic acids is 1. The van der Waals surface area contributed by atoms with Crippen LogP contribution in [0.2, 0.25) is 0 Å². The highest BCUT2D eigenvalue weighted by atomic mass is 79.9. The molecule has 0 radical (unpaired) electrons. The molecule has 1 aromatic carbocycles. The number of hydrogen-bond donors (Lipinski definition) is 1. The van der Waals surface area contributed by atoms with Crippen molar-refractivity contribution in [2.75, 3.05) is 13.1 Å². The molecule has 0 spiro atoms. The van der Waals surface area contributed by atoms with Gasteiger partial charge in [-0.15, -0.1) is 0 Å². The molecule has 5 nitrogen and oxygen atoms in total. The van der Waals surface area contributed by atoms with Crippen molar-refractivity contribution in [1.29, 1.82) is 0 Å². The van der Waals surface area contributed by atoms with Crippen molar-refractivity contribution in [2.45, 2.75) is 18.2 Å². The number of halogens is 2. The van der Waals surface area contributed by atoms with Crippen molar-refractivity contribution in [3.8, 4) is 0 Å². The van der Waals surface area contributed by atoms with E-state index in [0.717, 1.165) is 16.4 Å². The van der Waals surface area contributed by atoms with E-state index >= 15 is 0 Å². The maximum Gasteiger partial charge on any atom is 0.304 e. The van der Waals surface area contributed by atoms with Gasteiger partial charge in [0, 0.05) is 17.6 Å². The largest absolute Gasteiger partial charge is 0.481 e. The first-order valence-electron chi connectivity index (χ1n) is 5.46. The summed E-state index contributed by atoms with van der Waals surface area (Å²) in [6.07, 6.45) is -0.328. The summed E-state index contributed by atoms with van der Waals surface area (Å²) >= 11 is 3.04. The molecule has 0 fully saturated rings. The second-order valence-corrected chi connectivity index (χ2v) is 6.54. The van der Waals surface area contributed by atoms with Gasteiger partial charge in [-0.25, -0.2) is 12.8 Å². The van der Waals surface area contributed by atoms with Crippen LogP contribution in [0.5, 0.6) is 0 Å². The van der Waals surface area contributed by atoms with E-state index in [1.807, 2.05) is 0 Å². The fraction of sp³-hybridized carbons (Fsp3) is 0.364. The maximum atomic E-state index is 13.7.